The van der Waals surface area contributed by atoms with E-state index in [1.165, 1.54) is 30.8 Å². The van der Waals surface area contributed by atoms with Gasteiger partial charge in [0.05, 0.1) is 15.4 Å². The van der Waals surface area contributed by atoms with Gasteiger partial charge in [0, 0.05) is 6.07 Å². The van der Waals surface area contributed by atoms with Gasteiger partial charge in [-0.1, -0.05) is 13.8 Å². The monoisotopic (exact) mass is 340 g/mol. The molecule has 0 aliphatic heterocycles. The molecule has 0 bridgehead atoms. The van der Waals surface area contributed by atoms with E-state index in [2.05, 4.69) is 13.8 Å². The maximum atomic E-state index is 11.9. The van der Waals surface area contributed by atoms with E-state index in [-0.39, 0.29) is 11.3 Å². The number of esters is 1. The van der Waals surface area contributed by atoms with Crippen LogP contribution in [0.4, 0.5) is 5.69 Å². The molecule has 0 saturated carbocycles. The van der Waals surface area contributed by atoms with E-state index in [9.17, 15) is 19.7 Å². The Morgan fingerprint density at radius 1 is 1.35 bits per heavy atom. The Bertz CT molecular complexity index is 604. The van der Waals surface area contributed by atoms with E-state index < -0.39 is 22.9 Å². The first-order chi connectivity index (χ1) is 10.7. The molecule has 1 atom stereocenters. The van der Waals surface area contributed by atoms with Gasteiger partial charge in [0.15, 0.2) is 6.10 Å². The van der Waals surface area contributed by atoms with Crippen molar-refractivity contribution in [3.63, 3.8) is 0 Å². The van der Waals surface area contributed by atoms with Crippen molar-refractivity contribution >= 4 is 29.3 Å². The molecule has 2 N–H and O–H groups in total. The molecule has 1 amide bonds. The largest absolute Gasteiger partial charge is 0.449 e. The number of hydrogen-bond donors (Lipinski definition) is 1. The van der Waals surface area contributed by atoms with E-state index in [1.807, 2.05) is 0 Å². The summed E-state index contributed by atoms with van der Waals surface area (Å²) >= 11 is 1.38. The third-order valence-electron chi connectivity index (χ3n) is 3.03. The van der Waals surface area contributed by atoms with Crippen LogP contribution < -0.4 is 5.73 Å². The summed E-state index contributed by atoms with van der Waals surface area (Å²) in [5.41, 5.74) is 4.88. The van der Waals surface area contributed by atoms with Gasteiger partial charge in [0.25, 0.3) is 11.6 Å². The topological polar surface area (TPSA) is 113 Å². The molecule has 8 heteroatoms. The second kappa shape index (κ2) is 8.52. The van der Waals surface area contributed by atoms with E-state index in [1.54, 1.807) is 0 Å². The van der Waals surface area contributed by atoms with Crippen LogP contribution in [0.15, 0.2) is 23.1 Å². The maximum Gasteiger partial charge on any atom is 0.339 e. The molecular formula is C15H20N2O5S. The zero-order chi connectivity index (χ0) is 17.6. The molecule has 1 aromatic carbocycles. The van der Waals surface area contributed by atoms with Gasteiger partial charge >= 0.3 is 5.97 Å². The summed E-state index contributed by atoms with van der Waals surface area (Å²) in [6.07, 6.45) is -0.163. The number of carbonyl (C=O) groups excluding carboxylic acids is 2. The van der Waals surface area contributed by atoms with Crippen LogP contribution in [0.3, 0.4) is 0 Å². The molecule has 0 saturated heterocycles. The average molecular weight is 340 g/mol. The van der Waals surface area contributed by atoms with Crippen LogP contribution in [-0.2, 0) is 9.53 Å². The highest BCUT2D eigenvalue weighted by Crippen LogP contribution is 2.31. The first-order valence-corrected chi connectivity index (χ1v) is 8.12. The summed E-state index contributed by atoms with van der Waals surface area (Å²) in [6.45, 7) is 5.49. The summed E-state index contributed by atoms with van der Waals surface area (Å²) in [4.78, 5) is 33.9. The number of nitro benzene ring substituents is 1. The van der Waals surface area contributed by atoms with Crippen LogP contribution in [0, 0.1) is 16.0 Å². The summed E-state index contributed by atoms with van der Waals surface area (Å²) < 4.78 is 4.84. The van der Waals surface area contributed by atoms with E-state index in [4.69, 9.17) is 10.5 Å². The van der Waals surface area contributed by atoms with Crippen LogP contribution in [0.1, 0.15) is 37.6 Å². The molecule has 0 aliphatic carbocycles. The number of nitro groups is 1. The van der Waals surface area contributed by atoms with Crippen molar-refractivity contribution in [1.29, 1.82) is 0 Å². The summed E-state index contributed by atoms with van der Waals surface area (Å²) in [5, 5.41) is 11.2. The first-order valence-electron chi connectivity index (χ1n) is 7.14. The van der Waals surface area contributed by atoms with Crippen molar-refractivity contribution < 1.29 is 19.2 Å². The Kier molecular flexibility index (Phi) is 7.02. The number of primary amides is 1. The third-order valence-corrected chi connectivity index (χ3v) is 4.12. The van der Waals surface area contributed by atoms with Gasteiger partial charge in [-0.25, -0.2) is 4.79 Å². The van der Waals surface area contributed by atoms with Crippen LogP contribution in [0.5, 0.6) is 0 Å². The highest BCUT2D eigenvalue weighted by molar-refractivity contribution is 7.99. The maximum absolute atomic E-state index is 11.9. The van der Waals surface area contributed by atoms with E-state index >= 15 is 0 Å². The second-order valence-electron chi connectivity index (χ2n) is 5.42. The number of benzene rings is 1. The van der Waals surface area contributed by atoms with E-state index in [0.29, 0.717) is 10.8 Å². The van der Waals surface area contributed by atoms with Crippen LogP contribution in [-0.4, -0.2) is 28.7 Å². The predicted molar refractivity (Wildman–Crippen MR) is 87.3 cm³/mol. The summed E-state index contributed by atoms with van der Waals surface area (Å²) in [6, 6.07) is 4.13. The molecule has 0 unspecified atom stereocenters. The normalized spacial score (nSPS) is 12.0. The Morgan fingerprint density at radius 2 is 2.00 bits per heavy atom. The van der Waals surface area contributed by atoms with Gasteiger partial charge in [-0.2, -0.15) is 0 Å². The number of rotatable bonds is 8. The standard InChI is InChI=1S/C15H20N2O5S/c1-9(2)6-7-23-13-5-4-11(8-12(13)17(20)21)15(19)22-10(3)14(16)18/h4-5,8-10H,6-7H2,1-3H3,(H2,16,18)/t10-/m1/s1. The number of thioether (sulfide) groups is 1. The second-order valence-corrected chi connectivity index (χ2v) is 6.56. The van der Waals surface area contributed by atoms with Gasteiger partial charge in [0.2, 0.25) is 0 Å². The number of amides is 1. The molecule has 0 radical (unpaired) electrons. The lowest BCUT2D eigenvalue weighted by atomic mass is 10.2. The Morgan fingerprint density at radius 3 is 2.52 bits per heavy atom. The zero-order valence-electron chi connectivity index (χ0n) is 13.3. The molecule has 1 rings (SSSR count). The fourth-order valence-electron chi connectivity index (χ4n) is 1.60. The van der Waals surface area contributed by atoms with Crippen molar-refractivity contribution in [2.45, 2.75) is 38.2 Å². The Hall–Kier alpha value is -2.09. The van der Waals surface area contributed by atoms with Gasteiger partial charge < -0.3 is 10.5 Å². The number of nitrogens with two attached hydrogens (primary N) is 1. The van der Waals surface area contributed by atoms with Gasteiger partial charge in [-0.05, 0) is 37.1 Å². The Balaban J connectivity index is 2.92. The van der Waals surface area contributed by atoms with E-state index in [0.717, 1.165) is 18.2 Å². The first kappa shape index (κ1) is 19.0. The van der Waals surface area contributed by atoms with Gasteiger partial charge in [-0.15, -0.1) is 11.8 Å². The molecule has 23 heavy (non-hydrogen) atoms. The Labute approximate surface area is 138 Å². The quantitative estimate of drug-likeness (QED) is 0.337. The number of nitrogens with zero attached hydrogens (tertiary/aromatic N) is 1. The van der Waals surface area contributed by atoms with Gasteiger partial charge in [0.1, 0.15) is 0 Å². The summed E-state index contributed by atoms with van der Waals surface area (Å²) in [7, 11) is 0. The number of ether oxygens (including phenoxy) is 1. The SMILES string of the molecule is CC(C)CCSc1ccc(C(=O)O[C@H](C)C(N)=O)cc1[N+](=O)[O-]. The molecule has 7 nitrogen and oxygen atoms in total. The van der Waals surface area contributed by atoms with Crippen molar-refractivity contribution in [1.82, 2.24) is 0 Å². The fourth-order valence-corrected chi connectivity index (χ4v) is 2.86. The van der Waals surface area contributed by atoms with Crippen molar-refractivity contribution in [2.75, 3.05) is 5.75 Å². The molecule has 0 spiro atoms. The number of hydrogen-bond acceptors (Lipinski definition) is 6. The molecule has 0 aliphatic rings. The molecule has 126 valence electrons. The van der Waals surface area contributed by atoms with Crippen molar-refractivity contribution in [3.05, 3.63) is 33.9 Å². The summed E-state index contributed by atoms with van der Waals surface area (Å²) in [5.74, 6) is -0.348. The van der Waals surface area contributed by atoms with Crippen LogP contribution >= 0.6 is 11.8 Å². The lowest BCUT2D eigenvalue weighted by Gasteiger charge is -2.10. The van der Waals surface area contributed by atoms with Crippen LogP contribution in [0.2, 0.25) is 0 Å². The average Bonchev–Trinajstić information content (AvgIpc) is 2.46. The smallest absolute Gasteiger partial charge is 0.339 e. The highest BCUT2D eigenvalue weighted by atomic mass is 32.2. The minimum absolute atomic E-state index is 0.0120. The highest BCUT2D eigenvalue weighted by Gasteiger charge is 2.21. The molecule has 0 aromatic heterocycles. The molecule has 1 aromatic rings. The third kappa shape index (κ3) is 5.90. The predicted octanol–water partition coefficient (Wildman–Crippen LogP) is 2.76. The molecule has 0 heterocycles. The van der Waals surface area contributed by atoms with Crippen LogP contribution in [0.25, 0.3) is 0 Å². The zero-order valence-corrected chi connectivity index (χ0v) is 14.1. The van der Waals surface area contributed by atoms with Crippen molar-refractivity contribution in [2.24, 2.45) is 11.7 Å². The van der Waals surface area contributed by atoms with Crippen molar-refractivity contribution in [3.8, 4) is 0 Å². The number of carbonyl (C=O) groups is 2. The lowest BCUT2D eigenvalue weighted by molar-refractivity contribution is -0.387. The molecule has 0 fully saturated rings. The minimum Gasteiger partial charge on any atom is -0.449 e. The van der Waals surface area contributed by atoms with Gasteiger partial charge in [-0.3, -0.25) is 14.9 Å². The minimum atomic E-state index is -1.10. The molecular weight excluding hydrogens is 320 g/mol. The lowest BCUT2D eigenvalue weighted by Crippen LogP contribution is -2.30. The fraction of sp³-hybridized carbons (Fsp3) is 0.467.